The van der Waals surface area contributed by atoms with Crippen molar-refractivity contribution in [2.75, 3.05) is 12.2 Å². The zero-order valence-corrected chi connectivity index (χ0v) is 9.43. The van der Waals surface area contributed by atoms with E-state index in [1.807, 2.05) is 6.07 Å². The molecule has 13 heavy (non-hydrogen) atoms. The van der Waals surface area contributed by atoms with Gasteiger partial charge in [0.25, 0.3) is 0 Å². The molecule has 0 atom stereocenters. The predicted molar refractivity (Wildman–Crippen MR) is 54.5 cm³/mol. The van der Waals surface area contributed by atoms with Crippen molar-refractivity contribution in [1.82, 2.24) is 0 Å². The third-order valence-corrected chi connectivity index (χ3v) is 2.28. The van der Waals surface area contributed by atoms with Crippen LogP contribution in [0.2, 0.25) is 0 Å². The normalized spacial score (nSPS) is 11.2. The van der Waals surface area contributed by atoms with Gasteiger partial charge in [-0.15, -0.1) is 0 Å². The molecule has 0 unspecified atom stereocenters. The van der Waals surface area contributed by atoms with E-state index in [9.17, 15) is 8.42 Å². The second-order valence-electron chi connectivity index (χ2n) is 2.65. The van der Waals surface area contributed by atoms with Crippen LogP contribution in [0, 0.1) is 0 Å². The van der Waals surface area contributed by atoms with Gasteiger partial charge in [0.1, 0.15) is 5.75 Å². The lowest BCUT2D eigenvalue weighted by molar-refractivity contribution is 0.377. The number of rotatable bonds is 3. The van der Waals surface area contributed by atoms with Crippen molar-refractivity contribution in [2.24, 2.45) is 0 Å². The SMILES string of the molecule is CS(=O)(=O)COc1cccc(Br)c1. The minimum absolute atomic E-state index is 0.288. The summed E-state index contributed by atoms with van der Waals surface area (Å²) in [5.41, 5.74) is 0. The van der Waals surface area contributed by atoms with Crippen LogP contribution in [0.25, 0.3) is 0 Å². The van der Waals surface area contributed by atoms with Crippen LogP contribution in [0.4, 0.5) is 0 Å². The molecule has 0 aliphatic rings. The standard InChI is InChI=1S/C8H9BrO3S/c1-13(10,11)6-12-8-4-2-3-7(9)5-8/h2-5H,6H2,1H3. The molecular formula is C8H9BrO3S. The van der Waals surface area contributed by atoms with Crippen LogP contribution in [0.15, 0.2) is 28.7 Å². The molecule has 0 amide bonds. The van der Waals surface area contributed by atoms with Crippen LogP contribution < -0.4 is 4.74 Å². The first-order chi connectivity index (χ1) is 5.97. The molecule has 0 radical (unpaired) electrons. The smallest absolute Gasteiger partial charge is 0.188 e. The molecule has 0 aliphatic carbocycles. The summed E-state index contributed by atoms with van der Waals surface area (Å²) in [7, 11) is -3.07. The molecule has 0 N–H and O–H groups in total. The molecule has 1 aromatic carbocycles. The van der Waals surface area contributed by atoms with E-state index in [-0.39, 0.29) is 5.94 Å². The van der Waals surface area contributed by atoms with Crippen molar-refractivity contribution >= 4 is 25.8 Å². The quantitative estimate of drug-likeness (QED) is 0.837. The van der Waals surface area contributed by atoms with Gasteiger partial charge < -0.3 is 4.74 Å². The van der Waals surface area contributed by atoms with Crippen LogP contribution in [0.1, 0.15) is 0 Å². The van der Waals surface area contributed by atoms with Gasteiger partial charge in [-0.3, -0.25) is 0 Å². The molecule has 0 saturated heterocycles. The molecule has 0 fully saturated rings. The van der Waals surface area contributed by atoms with E-state index in [2.05, 4.69) is 15.9 Å². The molecule has 1 rings (SSSR count). The Kier molecular flexibility index (Phi) is 3.33. The van der Waals surface area contributed by atoms with E-state index in [1.165, 1.54) is 0 Å². The molecular weight excluding hydrogens is 256 g/mol. The van der Waals surface area contributed by atoms with Gasteiger partial charge in [0.2, 0.25) is 0 Å². The average molecular weight is 265 g/mol. The summed E-state index contributed by atoms with van der Waals surface area (Å²) < 4.78 is 27.4. The van der Waals surface area contributed by atoms with Gasteiger partial charge in [-0.05, 0) is 18.2 Å². The van der Waals surface area contributed by atoms with Crippen LogP contribution in [0.3, 0.4) is 0 Å². The molecule has 0 spiro atoms. The van der Waals surface area contributed by atoms with Crippen molar-refractivity contribution in [2.45, 2.75) is 0 Å². The first-order valence-corrected chi connectivity index (χ1v) is 6.39. The van der Waals surface area contributed by atoms with E-state index >= 15 is 0 Å². The third-order valence-electron chi connectivity index (χ3n) is 1.24. The highest BCUT2D eigenvalue weighted by atomic mass is 79.9. The van der Waals surface area contributed by atoms with Crippen molar-refractivity contribution in [3.63, 3.8) is 0 Å². The highest BCUT2D eigenvalue weighted by molar-refractivity contribution is 9.10. The number of benzene rings is 1. The van der Waals surface area contributed by atoms with Crippen LogP contribution >= 0.6 is 15.9 Å². The van der Waals surface area contributed by atoms with E-state index in [4.69, 9.17) is 4.74 Å². The van der Waals surface area contributed by atoms with Crippen LogP contribution in [-0.2, 0) is 9.84 Å². The minimum Gasteiger partial charge on any atom is -0.478 e. The summed E-state index contributed by atoms with van der Waals surface area (Å²) >= 11 is 3.25. The number of ether oxygens (including phenoxy) is 1. The Labute approximate surface area is 85.8 Å². The first-order valence-electron chi connectivity index (χ1n) is 3.53. The zero-order chi connectivity index (χ0) is 9.90. The maximum Gasteiger partial charge on any atom is 0.188 e. The molecule has 0 aliphatic heterocycles. The highest BCUT2D eigenvalue weighted by Gasteiger charge is 2.02. The van der Waals surface area contributed by atoms with Crippen LogP contribution in [0.5, 0.6) is 5.75 Å². The summed E-state index contributed by atoms with van der Waals surface area (Å²) in [5.74, 6) is 0.253. The van der Waals surface area contributed by atoms with Gasteiger partial charge in [-0.1, -0.05) is 22.0 Å². The summed E-state index contributed by atoms with van der Waals surface area (Å²) in [5, 5.41) is 0. The van der Waals surface area contributed by atoms with Gasteiger partial charge in [0.15, 0.2) is 15.8 Å². The molecule has 3 nitrogen and oxygen atoms in total. The number of halogens is 1. The Morgan fingerprint density at radius 3 is 2.69 bits per heavy atom. The molecule has 0 aromatic heterocycles. The van der Waals surface area contributed by atoms with E-state index in [0.29, 0.717) is 5.75 Å². The monoisotopic (exact) mass is 264 g/mol. The van der Waals surface area contributed by atoms with Gasteiger partial charge in [-0.2, -0.15) is 0 Å². The fourth-order valence-electron chi connectivity index (χ4n) is 0.732. The first kappa shape index (κ1) is 10.5. The number of hydrogen-bond acceptors (Lipinski definition) is 3. The average Bonchev–Trinajstić information content (AvgIpc) is 2.00. The lowest BCUT2D eigenvalue weighted by Gasteiger charge is -2.03. The van der Waals surface area contributed by atoms with Crippen molar-refractivity contribution in [3.8, 4) is 5.75 Å². The van der Waals surface area contributed by atoms with E-state index < -0.39 is 9.84 Å². The number of hydrogen-bond donors (Lipinski definition) is 0. The lowest BCUT2D eigenvalue weighted by atomic mass is 10.3. The van der Waals surface area contributed by atoms with Gasteiger partial charge in [-0.25, -0.2) is 8.42 Å². The molecule has 0 saturated carbocycles. The lowest BCUT2D eigenvalue weighted by Crippen LogP contribution is -2.09. The second-order valence-corrected chi connectivity index (χ2v) is 5.65. The van der Waals surface area contributed by atoms with Gasteiger partial charge in [0.05, 0.1) is 0 Å². The van der Waals surface area contributed by atoms with Gasteiger partial charge >= 0.3 is 0 Å². The summed E-state index contributed by atoms with van der Waals surface area (Å²) in [4.78, 5) is 0. The Balaban J connectivity index is 2.65. The van der Waals surface area contributed by atoms with E-state index in [0.717, 1.165) is 10.7 Å². The van der Waals surface area contributed by atoms with Gasteiger partial charge in [0, 0.05) is 10.7 Å². The Hall–Kier alpha value is -0.550. The highest BCUT2D eigenvalue weighted by Crippen LogP contribution is 2.17. The third kappa shape index (κ3) is 4.28. The van der Waals surface area contributed by atoms with Crippen molar-refractivity contribution in [3.05, 3.63) is 28.7 Å². The van der Waals surface area contributed by atoms with Crippen molar-refractivity contribution < 1.29 is 13.2 Å². The minimum atomic E-state index is -3.07. The summed E-state index contributed by atoms with van der Waals surface area (Å²) in [6, 6.07) is 7.04. The number of sulfone groups is 1. The largest absolute Gasteiger partial charge is 0.478 e. The summed E-state index contributed by atoms with van der Waals surface area (Å²) in [6.45, 7) is 0. The molecule has 5 heteroatoms. The second kappa shape index (κ2) is 4.11. The van der Waals surface area contributed by atoms with Crippen molar-refractivity contribution in [1.29, 1.82) is 0 Å². The zero-order valence-electron chi connectivity index (χ0n) is 7.03. The molecule has 72 valence electrons. The fourth-order valence-corrected chi connectivity index (χ4v) is 1.46. The Bertz CT molecular complexity index is 386. The van der Waals surface area contributed by atoms with Crippen LogP contribution in [-0.4, -0.2) is 20.6 Å². The predicted octanol–water partition coefficient (Wildman–Crippen LogP) is 1.83. The molecule has 0 heterocycles. The molecule has 1 aromatic rings. The Morgan fingerprint density at radius 1 is 1.46 bits per heavy atom. The summed E-state index contributed by atoms with van der Waals surface area (Å²) in [6.07, 6.45) is 1.13. The maximum absolute atomic E-state index is 10.8. The van der Waals surface area contributed by atoms with E-state index in [1.54, 1.807) is 18.2 Å². The maximum atomic E-state index is 10.8. The Morgan fingerprint density at radius 2 is 2.15 bits per heavy atom. The molecule has 0 bridgehead atoms. The topological polar surface area (TPSA) is 43.4 Å². The fraction of sp³-hybridized carbons (Fsp3) is 0.250.